The first-order valence-electron chi connectivity index (χ1n) is 9.82. The highest BCUT2D eigenvalue weighted by molar-refractivity contribution is 6.05. The molecule has 1 saturated heterocycles. The van der Waals surface area contributed by atoms with E-state index in [-0.39, 0.29) is 17.5 Å². The van der Waals surface area contributed by atoms with E-state index in [0.29, 0.717) is 54.7 Å². The van der Waals surface area contributed by atoms with E-state index in [1.807, 2.05) is 6.07 Å². The maximum absolute atomic E-state index is 13.2. The quantitative estimate of drug-likeness (QED) is 0.684. The molecule has 0 atom stereocenters. The number of ether oxygens (including phenoxy) is 4. The van der Waals surface area contributed by atoms with Crippen LogP contribution in [0.4, 0.5) is 0 Å². The van der Waals surface area contributed by atoms with Crippen LogP contribution in [0.1, 0.15) is 15.9 Å². The van der Waals surface area contributed by atoms with Gasteiger partial charge >= 0.3 is 0 Å². The number of benzene rings is 2. The van der Waals surface area contributed by atoms with Gasteiger partial charge in [0.25, 0.3) is 11.8 Å². The number of hydrogen-bond donors (Lipinski definition) is 1. The summed E-state index contributed by atoms with van der Waals surface area (Å²) in [6.07, 6.45) is 1.60. The predicted molar refractivity (Wildman–Crippen MR) is 115 cm³/mol. The minimum atomic E-state index is -0.374. The largest absolute Gasteiger partial charge is 0.493 e. The molecule has 8 heteroatoms. The number of rotatable bonds is 7. The van der Waals surface area contributed by atoms with Crippen molar-refractivity contribution in [2.75, 3.05) is 47.6 Å². The molecular formula is C23H26N2O6. The second kappa shape index (κ2) is 10.5. The van der Waals surface area contributed by atoms with Crippen LogP contribution in [-0.4, -0.2) is 64.3 Å². The molecule has 31 heavy (non-hydrogen) atoms. The average Bonchev–Trinajstić information content (AvgIpc) is 2.83. The van der Waals surface area contributed by atoms with Crippen LogP contribution < -0.4 is 19.5 Å². The topological polar surface area (TPSA) is 86.3 Å². The zero-order valence-corrected chi connectivity index (χ0v) is 17.8. The molecule has 164 valence electrons. The Hall–Kier alpha value is -3.52. The summed E-state index contributed by atoms with van der Waals surface area (Å²) in [4.78, 5) is 27.6. The van der Waals surface area contributed by atoms with E-state index in [2.05, 4.69) is 5.32 Å². The third kappa shape index (κ3) is 5.35. The molecule has 1 aliphatic heterocycles. The van der Waals surface area contributed by atoms with Crippen LogP contribution in [-0.2, 0) is 9.53 Å². The fourth-order valence-corrected chi connectivity index (χ4v) is 3.22. The number of nitrogens with one attached hydrogen (secondary N) is 1. The van der Waals surface area contributed by atoms with E-state index >= 15 is 0 Å². The molecule has 2 amide bonds. The molecule has 0 saturated carbocycles. The summed E-state index contributed by atoms with van der Waals surface area (Å²) in [6, 6.07) is 12.1. The first kappa shape index (κ1) is 22.2. The van der Waals surface area contributed by atoms with Gasteiger partial charge in [-0.25, -0.2) is 0 Å². The van der Waals surface area contributed by atoms with Gasteiger partial charge in [-0.15, -0.1) is 0 Å². The number of carbonyl (C=O) groups excluding carboxylic acids is 2. The van der Waals surface area contributed by atoms with Gasteiger partial charge in [-0.3, -0.25) is 9.59 Å². The molecule has 2 aromatic carbocycles. The summed E-state index contributed by atoms with van der Waals surface area (Å²) < 4.78 is 21.5. The van der Waals surface area contributed by atoms with Gasteiger partial charge in [0.1, 0.15) is 5.70 Å². The van der Waals surface area contributed by atoms with Crippen molar-refractivity contribution < 1.29 is 28.5 Å². The summed E-state index contributed by atoms with van der Waals surface area (Å²) in [5, 5.41) is 2.76. The summed E-state index contributed by atoms with van der Waals surface area (Å²) >= 11 is 0. The van der Waals surface area contributed by atoms with Gasteiger partial charge < -0.3 is 29.2 Å². The summed E-state index contributed by atoms with van der Waals surface area (Å²) in [6.45, 7) is 1.81. The van der Waals surface area contributed by atoms with Gasteiger partial charge in [-0.05, 0) is 35.9 Å². The highest BCUT2D eigenvalue weighted by Crippen LogP contribution is 2.38. The highest BCUT2D eigenvalue weighted by Gasteiger charge is 2.23. The monoisotopic (exact) mass is 426 g/mol. The fourth-order valence-electron chi connectivity index (χ4n) is 3.22. The molecule has 3 rings (SSSR count). The van der Waals surface area contributed by atoms with Gasteiger partial charge in [-0.2, -0.15) is 0 Å². The van der Waals surface area contributed by atoms with Crippen LogP contribution >= 0.6 is 0 Å². The number of carbonyl (C=O) groups is 2. The number of morpholine rings is 1. The van der Waals surface area contributed by atoms with E-state index in [9.17, 15) is 9.59 Å². The summed E-state index contributed by atoms with van der Waals surface area (Å²) in [7, 11) is 4.55. The Morgan fingerprint density at radius 1 is 0.968 bits per heavy atom. The third-order valence-electron chi connectivity index (χ3n) is 4.81. The Morgan fingerprint density at radius 3 is 2.13 bits per heavy atom. The number of methoxy groups -OCH3 is 3. The van der Waals surface area contributed by atoms with Crippen molar-refractivity contribution in [3.05, 3.63) is 59.3 Å². The van der Waals surface area contributed by atoms with Crippen molar-refractivity contribution in [3.63, 3.8) is 0 Å². The Labute approximate surface area is 181 Å². The van der Waals surface area contributed by atoms with Crippen LogP contribution in [0.2, 0.25) is 0 Å². The molecule has 0 spiro atoms. The van der Waals surface area contributed by atoms with Crippen molar-refractivity contribution in [2.45, 2.75) is 0 Å². The molecule has 0 radical (unpaired) electrons. The molecule has 0 unspecified atom stereocenters. The minimum Gasteiger partial charge on any atom is -0.493 e. The first-order chi connectivity index (χ1) is 15.1. The second-order valence-electron chi connectivity index (χ2n) is 6.74. The predicted octanol–water partition coefficient (Wildman–Crippen LogP) is 2.34. The SMILES string of the molecule is COc1cc(C=C(NC(=O)c2ccccc2)C(=O)N2CCOCC2)cc(OC)c1OC. The second-order valence-corrected chi connectivity index (χ2v) is 6.74. The van der Waals surface area contributed by atoms with Gasteiger partial charge in [0.2, 0.25) is 5.75 Å². The third-order valence-corrected chi connectivity index (χ3v) is 4.81. The van der Waals surface area contributed by atoms with E-state index in [0.717, 1.165) is 0 Å². The van der Waals surface area contributed by atoms with Gasteiger partial charge in [0, 0.05) is 18.7 Å². The minimum absolute atomic E-state index is 0.144. The molecule has 1 aliphatic rings. The lowest BCUT2D eigenvalue weighted by molar-refractivity contribution is -0.131. The van der Waals surface area contributed by atoms with Crippen molar-refractivity contribution in [1.29, 1.82) is 0 Å². The zero-order valence-electron chi connectivity index (χ0n) is 17.8. The molecule has 8 nitrogen and oxygen atoms in total. The number of hydrogen-bond acceptors (Lipinski definition) is 6. The Balaban J connectivity index is 1.99. The Kier molecular flexibility index (Phi) is 7.50. The molecule has 1 fully saturated rings. The number of amides is 2. The van der Waals surface area contributed by atoms with Crippen LogP contribution in [0.3, 0.4) is 0 Å². The van der Waals surface area contributed by atoms with E-state index in [1.165, 1.54) is 21.3 Å². The highest BCUT2D eigenvalue weighted by atomic mass is 16.5. The molecular weight excluding hydrogens is 400 g/mol. The average molecular weight is 426 g/mol. The Bertz CT molecular complexity index is 927. The molecule has 0 aromatic heterocycles. The van der Waals surface area contributed by atoms with Crippen molar-refractivity contribution >= 4 is 17.9 Å². The molecule has 0 aliphatic carbocycles. The first-order valence-corrected chi connectivity index (χ1v) is 9.82. The number of nitrogens with zero attached hydrogens (tertiary/aromatic N) is 1. The standard InChI is InChI=1S/C23H26N2O6/c1-28-19-14-16(15-20(29-2)21(19)30-3)13-18(23(27)25-9-11-31-12-10-25)24-22(26)17-7-5-4-6-8-17/h4-8,13-15H,9-12H2,1-3H3,(H,24,26). The summed E-state index contributed by atoms with van der Waals surface area (Å²) in [5.41, 5.74) is 1.21. The van der Waals surface area contributed by atoms with Crippen LogP contribution in [0, 0.1) is 0 Å². The molecule has 0 bridgehead atoms. The molecule has 1 N–H and O–H groups in total. The van der Waals surface area contributed by atoms with Gasteiger partial charge in [-0.1, -0.05) is 18.2 Å². The lowest BCUT2D eigenvalue weighted by Crippen LogP contribution is -2.44. The normalized spacial score (nSPS) is 14.0. The zero-order chi connectivity index (χ0) is 22.2. The van der Waals surface area contributed by atoms with E-state index in [4.69, 9.17) is 18.9 Å². The molecule has 2 aromatic rings. The van der Waals surface area contributed by atoms with Gasteiger partial charge in [0.05, 0.1) is 34.5 Å². The van der Waals surface area contributed by atoms with Crippen LogP contribution in [0.15, 0.2) is 48.2 Å². The van der Waals surface area contributed by atoms with Gasteiger partial charge in [0.15, 0.2) is 11.5 Å². The van der Waals surface area contributed by atoms with Crippen LogP contribution in [0.5, 0.6) is 17.2 Å². The van der Waals surface area contributed by atoms with Crippen molar-refractivity contribution in [1.82, 2.24) is 10.2 Å². The summed E-state index contributed by atoms with van der Waals surface area (Å²) in [5.74, 6) is 0.667. The maximum Gasteiger partial charge on any atom is 0.270 e. The lowest BCUT2D eigenvalue weighted by Gasteiger charge is -2.28. The van der Waals surface area contributed by atoms with Crippen LogP contribution in [0.25, 0.3) is 6.08 Å². The lowest BCUT2D eigenvalue weighted by atomic mass is 10.1. The molecule has 1 heterocycles. The smallest absolute Gasteiger partial charge is 0.270 e. The fraction of sp³-hybridized carbons (Fsp3) is 0.304. The maximum atomic E-state index is 13.2. The van der Waals surface area contributed by atoms with E-state index < -0.39 is 0 Å². The Morgan fingerprint density at radius 2 is 1.58 bits per heavy atom. The van der Waals surface area contributed by atoms with Crippen molar-refractivity contribution in [3.8, 4) is 17.2 Å². The van der Waals surface area contributed by atoms with E-state index in [1.54, 1.807) is 47.4 Å². The van der Waals surface area contributed by atoms with Crippen molar-refractivity contribution in [2.24, 2.45) is 0 Å².